The van der Waals surface area contributed by atoms with Crippen molar-refractivity contribution in [2.75, 3.05) is 13.7 Å². The molecule has 0 rings (SSSR count). The Labute approximate surface area is 129 Å². The van der Waals surface area contributed by atoms with Crippen molar-refractivity contribution in [1.29, 1.82) is 0 Å². The lowest BCUT2D eigenvalue weighted by Gasteiger charge is -2.22. The van der Waals surface area contributed by atoms with Crippen molar-refractivity contribution in [2.24, 2.45) is 5.41 Å². The van der Waals surface area contributed by atoms with Crippen molar-refractivity contribution < 1.29 is 19.4 Å². The van der Waals surface area contributed by atoms with E-state index in [2.05, 4.69) is 0 Å². The zero-order valence-electron chi connectivity index (χ0n) is 14.3. The molecule has 0 bridgehead atoms. The van der Waals surface area contributed by atoms with E-state index in [1.807, 2.05) is 27.7 Å². The van der Waals surface area contributed by atoms with E-state index >= 15 is 0 Å². The average Bonchev–Trinajstić information content (AvgIpc) is 2.43. The number of aliphatic hydroxyl groups is 1. The Bertz CT molecular complexity index is 300. The van der Waals surface area contributed by atoms with E-state index in [0.29, 0.717) is 44.9 Å². The number of carbonyl (C=O) groups is 2. The third-order valence-corrected chi connectivity index (χ3v) is 3.98. The molecule has 124 valence electrons. The van der Waals surface area contributed by atoms with E-state index in [0.717, 1.165) is 0 Å². The van der Waals surface area contributed by atoms with Crippen LogP contribution in [0.1, 0.15) is 72.6 Å². The van der Waals surface area contributed by atoms with Gasteiger partial charge in [0.1, 0.15) is 11.6 Å². The van der Waals surface area contributed by atoms with Crippen LogP contribution in [0.2, 0.25) is 0 Å². The maximum atomic E-state index is 11.8. The molecule has 0 aliphatic heterocycles. The SMILES string of the molecule is COC(C)(C)CCC(=O)CCCC(=O)CCC(C)(C)CO. The minimum absolute atomic E-state index is 0.0913. The molecular formula is C17H32O4. The Morgan fingerprint density at radius 3 is 1.81 bits per heavy atom. The maximum Gasteiger partial charge on any atom is 0.133 e. The van der Waals surface area contributed by atoms with Gasteiger partial charge in [-0.05, 0) is 38.5 Å². The fourth-order valence-corrected chi connectivity index (χ4v) is 1.83. The zero-order chi connectivity index (χ0) is 16.5. The largest absolute Gasteiger partial charge is 0.396 e. The Morgan fingerprint density at radius 1 is 0.905 bits per heavy atom. The molecule has 1 N–H and O–H groups in total. The van der Waals surface area contributed by atoms with Gasteiger partial charge in [-0.1, -0.05) is 13.8 Å². The van der Waals surface area contributed by atoms with Crippen molar-refractivity contribution in [3.8, 4) is 0 Å². The Kier molecular flexibility index (Phi) is 8.98. The summed E-state index contributed by atoms with van der Waals surface area (Å²) in [6.07, 6.45) is 3.95. The summed E-state index contributed by atoms with van der Waals surface area (Å²) in [5.41, 5.74) is -0.460. The van der Waals surface area contributed by atoms with Crippen LogP contribution in [0, 0.1) is 5.41 Å². The summed E-state index contributed by atoms with van der Waals surface area (Å²) >= 11 is 0. The van der Waals surface area contributed by atoms with Gasteiger partial charge in [0.2, 0.25) is 0 Å². The van der Waals surface area contributed by atoms with E-state index in [-0.39, 0.29) is 29.2 Å². The van der Waals surface area contributed by atoms with Gasteiger partial charge in [0.05, 0.1) is 5.60 Å². The highest BCUT2D eigenvalue weighted by molar-refractivity contribution is 5.81. The summed E-state index contributed by atoms with van der Waals surface area (Å²) in [6, 6.07) is 0. The van der Waals surface area contributed by atoms with Crippen molar-refractivity contribution in [2.45, 2.75) is 78.2 Å². The Morgan fingerprint density at radius 2 is 1.38 bits per heavy atom. The molecular weight excluding hydrogens is 268 g/mol. The van der Waals surface area contributed by atoms with Crippen molar-refractivity contribution in [3.63, 3.8) is 0 Å². The van der Waals surface area contributed by atoms with Crippen LogP contribution < -0.4 is 0 Å². The van der Waals surface area contributed by atoms with Crippen LogP contribution in [-0.2, 0) is 14.3 Å². The smallest absolute Gasteiger partial charge is 0.133 e. The minimum Gasteiger partial charge on any atom is -0.396 e. The molecule has 0 aliphatic carbocycles. The number of ether oxygens (including phenoxy) is 1. The highest BCUT2D eigenvalue weighted by Gasteiger charge is 2.19. The molecule has 0 atom stereocenters. The molecule has 0 aliphatic rings. The number of Topliss-reactive ketones (excluding diaryl/α,β-unsaturated/α-hetero) is 2. The van der Waals surface area contributed by atoms with Gasteiger partial charge in [-0.15, -0.1) is 0 Å². The fourth-order valence-electron chi connectivity index (χ4n) is 1.83. The lowest BCUT2D eigenvalue weighted by molar-refractivity contribution is -0.121. The summed E-state index contributed by atoms with van der Waals surface area (Å²) < 4.78 is 5.28. The topological polar surface area (TPSA) is 63.6 Å². The molecule has 0 amide bonds. The number of aliphatic hydroxyl groups excluding tert-OH is 1. The van der Waals surface area contributed by atoms with Gasteiger partial charge in [-0.2, -0.15) is 0 Å². The molecule has 0 saturated heterocycles. The summed E-state index contributed by atoms with van der Waals surface area (Å²) in [4.78, 5) is 23.5. The van der Waals surface area contributed by atoms with E-state index in [9.17, 15) is 9.59 Å². The fraction of sp³-hybridized carbons (Fsp3) is 0.882. The zero-order valence-corrected chi connectivity index (χ0v) is 14.3. The van der Waals surface area contributed by atoms with Gasteiger partial charge in [0, 0.05) is 39.4 Å². The molecule has 0 unspecified atom stereocenters. The van der Waals surface area contributed by atoms with Gasteiger partial charge in [-0.3, -0.25) is 9.59 Å². The summed E-state index contributed by atoms with van der Waals surface area (Å²) in [7, 11) is 1.65. The molecule has 0 heterocycles. The van der Waals surface area contributed by atoms with E-state index < -0.39 is 0 Å². The normalized spacial score (nSPS) is 12.5. The number of rotatable bonds is 12. The predicted molar refractivity (Wildman–Crippen MR) is 84.3 cm³/mol. The van der Waals surface area contributed by atoms with Crippen LogP contribution >= 0.6 is 0 Å². The molecule has 0 spiro atoms. The summed E-state index contributed by atoms with van der Waals surface area (Å²) in [5.74, 6) is 0.380. The molecule has 21 heavy (non-hydrogen) atoms. The minimum atomic E-state index is -0.263. The molecule has 0 aromatic rings. The highest BCUT2D eigenvalue weighted by atomic mass is 16.5. The first-order chi connectivity index (χ1) is 9.62. The molecule has 4 nitrogen and oxygen atoms in total. The van der Waals surface area contributed by atoms with Gasteiger partial charge in [0.25, 0.3) is 0 Å². The van der Waals surface area contributed by atoms with Crippen LogP contribution in [0.4, 0.5) is 0 Å². The maximum absolute atomic E-state index is 11.8. The monoisotopic (exact) mass is 300 g/mol. The number of hydrogen-bond donors (Lipinski definition) is 1. The molecule has 0 saturated carbocycles. The first kappa shape index (κ1) is 20.3. The van der Waals surface area contributed by atoms with Gasteiger partial charge in [0.15, 0.2) is 0 Å². The van der Waals surface area contributed by atoms with Crippen LogP contribution in [0.3, 0.4) is 0 Å². The average molecular weight is 300 g/mol. The molecule has 0 aromatic carbocycles. The van der Waals surface area contributed by atoms with Crippen molar-refractivity contribution >= 4 is 11.6 Å². The number of carbonyl (C=O) groups excluding carboxylic acids is 2. The second-order valence-corrected chi connectivity index (χ2v) is 7.22. The molecule has 0 aromatic heterocycles. The summed E-state index contributed by atoms with van der Waals surface area (Å²) in [5, 5.41) is 9.13. The third-order valence-electron chi connectivity index (χ3n) is 3.98. The Hall–Kier alpha value is -0.740. The molecule has 4 heteroatoms. The first-order valence-electron chi connectivity index (χ1n) is 7.81. The van der Waals surface area contributed by atoms with Gasteiger partial charge in [-0.25, -0.2) is 0 Å². The van der Waals surface area contributed by atoms with Crippen LogP contribution in [0.25, 0.3) is 0 Å². The number of methoxy groups -OCH3 is 1. The van der Waals surface area contributed by atoms with Crippen LogP contribution in [0.15, 0.2) is 0 Å². The predicted octanol–water partition coefficient (Wildman–Crippen LogP) is 3.30. The third kappa shape index (κ3) is 10.6. The first-order valence-corrected chi connectivity index (χ1v) is 7.81. The number of hydrogen-bond acceptors (Lipinski definition) is 4. The Balaban J connectivity index is 3.79. The van der Waals surface area contributed by atoms with E-state index in [1.165, 1.54) is 0 Å². The van der Waals surface area contributed by atoms with Crippen molar-refractivity contribution in [1.82, 2.24) is 0 Å². The quantitative estimate of drug-likeness (QED) is 0.600. The van der Waals surface area contributed by atoms with E-state index in [4.69, 9.17) is 9.84 Å². The molecule has 0 fully saturated rings. The van der Waals surface area contributed by atoms with Crippen molar-refractivity contribution in [3.05, 3.63) is 0 Å². The highest BCUT2D eigenvalue weighted by Crippen LogP contribution is 2.22. The standard InChI is InChI=1S/C17H32O4/c1-16(2,13-18)11-9-14(19)7-6-8-15(20)10-12-17(3,4)21-5/h18H,6-13H2,1-5H3. The van der Waals surface area contributed by atoms with Crippen LogP contribution in [0.5, 0.6) is 0 Å². The lowest BCUT2D eigenvalue weighted by Crippen LogP contribution is -2.23. The van der Waals surface area contributed by atoms with Gasteiger partial charge >= 0.3 is 0 Å². The lowest BCUT2D eigenvalue weighted by atomic mass is 9.87. The second kappa shape index (κ2) is 9.31. The van der Waals surface area contributed by atoms with E-state index in [1.54, 1.807) is 7.11 Å². The molecule has 0 radical (unpaired) electrons. The number of ketones is 2. The van der Waals surface area contributed by atoms with Crippen LogP contribution in [-0.4, -0.2) is 36.0 Å². The van der Waals surface area contributed by atoms with Gasteiger partial charge < -0.3 is 9.84 Å². The second-order valence-electron chi connectivity index (χ2n) is 7.22. The summed E-state index contributed by atoms with van der Waals surface area (Å²) in [6.45, 7) is 7.91.